The van der Waals surface area contributed by atoms with E-state index in [1.165, 1.54) is 11.3 Å². The summed E-state index contributed by atoms with van der Waals surface area (Å²) in [6, 6.07) is 12.3. The van der Waals surface area contributed by atoms with E-state index in [4.69, 9.17) is 11.6 Å². The molecule has 1 unspecified atom stereocenters. The summed E-state index contributed by atoms with van der Waals surface area (Å²) in [6.07, 6.45) is 0. The summed E-state index contributed by atoms with van der Waals surface area (Å²) >= 11 is 7.36. The Balaban J connectivity index is 2.18. The molecule has 5 heteroatoms. The minimum absolute atomic E-state index is 0.559. The van der Waals surface area contributed by atoms with Crippen LogP contribution < -0.4 is 0 Å². The second kappa shape index (κ2) is 6.19. The molecular formula is C14H14ClNO2S. The maximum absolute atomic E-state index is 11.5. The third-order valence-corrected chi connectivity index (χ3v) is 4.04. The second-order valence-electron chi connectivity index (χ2n) is 4.27. The van der Waals surface area contributed by atoms with E-state index in [-0.39, 0.29) is 0 Å². The van der Waals surface area contributed by atoms with Crippen LogP contribution in [0.25, 0.3) is 0 Å². The number of hydrogen-bond donors (Lipinski definition) is 1. The van der Waals surface area contributed by atoms with Crippen molar-refractivity contribution in [2.45, 2.75) is 12.6 Å². The predicted octanol–water partition coefficient (Wildman–Crippen LogP) is 3.66. The first-order valence-electron chi connectivity index (χ1n) is 5.80. The third-order valence-electron chi connectivity index (χ3n) is 2.82. The van der Waals surface area contributed by atoms with Gasteiger partial charge in [0.25, 0.3) is 0 Å². The second-order valence-corrected chi connectivity index (χ2v) is 6.07. The molecule has 0 saturated carbocycles. The monoisotopic (exact) mass is 295 g/mol. The van der Waals surface area contributed by atoms with E-state index in [9.17, 15) is 9.90 Å². The average molecular weight is 296 g/mol. The van der Waals surface area contributed by atoms with Crippen molar-refractivity contribution in [1.29, 1.82) is 0 Å². The van der Waals surface area contributed by atoms with E-state index in [1.54, 1.807) is 11.9 Å². The standard InChI is InChI=1S/C14H14ClNO2S/c1-16(9-11-7-8-12(15)19-11)13(14(17)18)10-5-3-2-4-6-10/h2-8,13H,9H2,1H3,(H,17,18). The van der Waals surface area contributed by atoms with Crippen molar-refractivity contribution in [1.82, 2.24) is 4.90 Å². The Hall–Kier alpha value is -1.36. The van der Waals surface area contributed by atoms with Gasteiger partial charge in [-0.15, -0.1) is 11.3 Å². The lowest BCUT2D eigenvalue weighted by atomic mass is 10.1. The first-order chi connectivity index (χ1) is 9.08. The van der Waals surface area contributed by atoms with Gasteiger partial charge in [0.1, 0.15) is 6.04 Å². The van der Waals surface area contributed by atoms with Gasteiger partial charge >= 0.3 is 5.97 Å². The van der Waals surface area contributed by atoms with Gasteiger partial charge in [0.15, 0.2) is 0 Å². The van der Waals surface area contributed by atoms with Crippen molar-refractivity contribution in [2.75, 3.05) is 7.05 Å². The molecule has 1 atom stereocenters. The predicted molar refractivity (Wildman–Crippen MR) is 77.6 cm³/mol. The summed E-state index contributed by atoms with van der Waals surface area (Å²) in [6.45, 7) is 0.559. The zero-order valence-corrected chi connectivity index (χ0v) is 12.0. The molecule has 1 heterocycles. The maximum Gasteiger partial charge on any atom is 0.325 e. The number of likely N-dealkylation sites (N-methyl/N-ethyl adjacent to an activating group) is 1. The van der Waals surface area contributed by atoms with Crippen molar-refractivity contribution >= 4 is 28.9 Å². The molecule has 1 aromatic heterocycles. The molecule has 3 nitrogen and oxygen atoms in total. The minimum atomic E-state index is -0.851. The Bertz CT molecular complexity index is 556. The molecule has 0 aliphatic heterocycles. The lowest BCUT2D eigenvalue weighted by Crippen LogP contribution is -2.30. The van der Waals surface area contributed by atoms with E-state index in [0.29, 0.717) is 6.54 Å². The SMILES string of the molecule is CN(Cc1ccc(Cl)s1)C(C(=O)O)c1ccccc1. The van der Waals surface area contributed by atoms with E-state index in [1.807, 2.05) is 42.5 Å². The molecule has 2 rings (SSSR count). The van der Waals surface area contributed by atoms with Crippen LogP contribution in [-0.4, -0.2) is 23.0 Å². The molecular weight excluding hydrogens is 282 g/mol. The molecule has 0 radical (unpaired) electrons. The number of nitrogens with zero attached hydrogens (tertiary/aromatic N) is 1. The highest BCUT2D eigenvalue weighted by Crippen LogP contribution is 2.26. The summed E-state index contributed by atoms with van der Waals surface area (Å²) in [5.41, 5.74) is 0.778. The smallest absolute Gasteiger partial charge is 0.325 e. The van der Waals surface area contributed by atoms with Gasteiger partial charge in [-0.2, -0.15) is 0 Å². The van der Waals surface area contributed by atoms with E-state index in [2.05, 4.69) is 0 Å². The van der Waals surface area contributed by atoms with Gasteiger partial charge in [-0.05, 0) is 24.7 Å². The Labute approximate surface area is 121 Å². The number of rotatable bonds is 5. The molecule has 0 saturated heterocycles. The quantitative estimate of drug-likeness (QED) is 0.915. The first-order valence-corrected chi connectivity index (χ1v) is 6.99. The summed E-state index contributed by atoms with van der Waals surface area (Å²) in [4.78, 5) is 14.3. The minimum Gasteiger partial charge on any atom is -0.480 e. The third kappa shape index (κ3) is 3.56. The lowest BCUT2D eigenvalue weighted by Gasteiger charge is -2.24. The Morgan fingerprint density at radius 1 is 1.32 bits per heavy atom. The molecule has 19 heavy (non-hydrogen) atoms. The van der Waals surface area contributed by atoms with Crippen molar-refractivity contribution in [3.63, 3.8) is 0 Å². The van der Waals surface area contributed by atoms with Gasteiger partial charge in [-0.1, -0.05) is 41.9 Å². The fraction of sp³-hybridized carbons (Fsp3) is 0.214. The van der Waals surface area contributed by atoms with Crippen molar-refractivity contribution in [2.24, 2.45) is 0 Å². The van der Waals surface area contributed by atoms with Crippen LogP contribution in [0.15, 0.2) is 42.5 Å². The fourth-order valence-corrected chi connectivity index (χ4v) is 3.15. The largest absolute Gasteiger partial charge is 0.480 e. The fourth-order valence-electron chi connectivity index (χ4n) is 1.99. The number of carboxylic acid groups (broad SMARTS) is 1. The number of benzene rings is 1. The molecule has 0 fully saturated rings. The van der Waals surface area contributed by atoms with E-state index < -0.39 is 12.0 Å². The zero-order valence-electron chi connectivity index (χ0n) is 10.4. The van der Waals surface area contributed by atoms with Crippen LogP contribution in [0.3, 0.4) is 0 Å². The Kier molecular flexibility index (Phi) is 4.58. The molecule has 0 bridgehead atoms. The molecule has 1 N–H and O–H groups in total. The number of halogens is 1. The molecule has 100 valence electrons. The van der Waals surface area contributed by atoms with Gasteiger partial charge < -0.3 is 5.11 Å². The Morgan fingerprint density at radius 2 is 2.00 bits per heavy atom. The van der Waals surface area contributed by atoms with Crippen LogP contribution in [0.1, 0.15) is 16.5 Å². The number of carboxylic acids is 1. The van der Waals surface area contributed by atoms with E-state index in [0.717, 1.165) is 14.8 Å². The maximum atomic E-state index is 11.5. The van der Waals surface area contributed by atoms with Gasteiger partial charge in [-0.3, -0.25) is 9.69 Å². The molecule has 1 aromatic carbocycles. The van der Waals surface area contributed by atoms with Crippen molar-refractivity contribution in [3.05, 3.63) is 57.2 Å². The van der Waals surface area contributed by atoms with Crippen LogP contribution in [0.2, 0.25) is 4.34 Å². The van der Waals surface area contributed by atoms with Gasteiger partial charge in [0.2, 0.25) is 0 Å². The number of carbonyl (C=O) groups is 1. The first kappa shape index (κ1) is 14.1. The van der Waals surface area contributed by atoms with Gasteiger partial charge in [0.05, 0.1) is 4.34 Å². The van der Waals surface area contributed by atoms with Crippen molar-refractivity contribution < 1.29 is 9.90 Å². The lowest BCUT2D eigenvalue weighted by molar-refractivity contribution is -0.143. The number of thiophene rings is 1. The summed E-state index contributed by atoms with van der Waals surface area (Å²) in [5, 5.41) is 9.42. The van der Waals surface area contributed by atoms with E-state index >= 15 is 0 Å². The van der Waals surface area contributed by atoms with Crippen LogP contribution in [0.5, 0.6) is 0 Å². The highest BCUT2D eigenvalue weighted by atomic mass is 35.5. The van der Waals surface area contributed by atoms with Gasteiger partial charge in [0, 0.05) is 11.4 Å². The van der Waals surface area contributed by atoms with Crippen LogP contribution >= 0.6 is 22.9 Å². The van der Waals surface area contributed by atoms with Crippen LogP contribution in [-0.2, 0) is 11.3 Å². The Morgan fingerprint density at radius 3 is 2.53 bits per heavy atom. The number of hydrogen-bond acceptors (Lipinski definition) is 3. The van der Waals surface area contributed by atoms with Gasteiger partial charge in [-0.25, -0.2) is 0 Å². The van der Waals surface area contributed by atoms with Crippen LogP contribution in [0, 0.1) is 0 Å². The summed E-state index contributed by atoms with van der Waals surface area (Å²) in [5.74, 6) is -0.851. The normalized spacial score (nSPS) is 12.6. The molecule has 0 spiro atoms. The zero-order chi connectivity index (χ0) is 13.8. The highest BCUT2D eigenvalue weighted by Gasteiger charge is 2.24. The molecule has 0 aliphatic carbocycles. The average Bonchev–Trinajstić information content (AvgIpc) is 2.75. The van der Waals surface area contributed by atoms with Crippen LogP contribution in [0.4, 0.5) is 0 Å². The molecule has 0 amide bonds. The summed E-state index contributed by atoms with van der Waals surface area (Å²) in [7, 11) is 1.80. The van der Waals surface area contributed by atoms with Crippen molar-refractivity contribution in [3.8, 4) is 0 Å². The highest BCUT2D eigenvalue weighted by molar-refractivity contribution is 7.16. The summed E-state index contributed by atoms with van der Waals surface area (Å²) < 4.78 is 0.718. The topological polar surface area (TPSA) is 40.5 Å². The number of aliphatic carboxylic acids is 1. The molecule has 0 aliphatic rings. The molecule has 2 aromatic rings.